The lowest BCUT2D eigenvalue weighted by Crippen LogP contribution is -2.36. The van der Waals surface area contributed by atoms with Crippen LogP contribution in [0.2, 0.25) is 0 Å². The molecule has 1 fully saturated rings. The van der Waals surface area contributed by atoms with Crippen molar-refractivity contribution in [2.75, 3.05) is 5.32 Å². The maximum absolute atomic E-state index is 12.2. The second-order valence-electron chi connectivity index (χ2n) is 5.50. The Bertz CT molecular complexity index is 634. The Morgan fingerprint density at radius 3 is 3.10 bits per heavy atom. The highest BCUT2D eigenvalue weighted by Crippen LogP contribution is 2.59. The number of hydrogen-bond acceptors (Lipinski definition) is 3. The molecule has 1 aromatic carbocycles. The van der Waals surface area contributed by atoms with E-state index in [0.717, 1.165) is 11.3 Å². The van der Waals surface area contributed by atoms with E-state index in [1.165, 1.54) is 0 Å². The number of fused-ring (bicyclic) bond motifs is 2. The number of carbonyl (C=O) groups excluding carboxylic acids is 2. The van der Waals surface area contributed by atoms with E-state index in [0.29, 0.717) is 6.42 Å². The maximum atomic E-state index is 12.2. The summed E-state index contributed by atoms with van der Waals surface area (Å²) in [4.78, 5) is 24.4. The van der Waals surface area contributed by atoms with E-state index < -0.39 is 5.41 Å². The quantitative estimate of drug-likeness (QED) is 0.868. The SMILES string of the molecule is CC(CC#N)NC(=O)C1CC12C(=O)Nc1ccccc12. The number of nitrogens with zero attached hydrogens (tertiary/aromatic N) is 1. The fraction of sp³-hybridized carbons (Fsp3) is 0.400. The van der Waals surface area contributed by atoms with Crippen LogP contribution in [-0.2, 0) is 15.0 Å². The predicted molar refractivity (Wildman–Crippen MR) is 72.7 cm³/mol. The largest absolute Gasteiger partial charge is 0.352 e. The number of amides is 2. The van der Waals surface area contributed by atoms with Gasteiger partial charge in [-0.3, -0.25) is 9.59 Å². The van der Waals surface area contributed by atoms with E-state index >= 15 is 0 Å². The van der Waals surface area contributed by atoms with Gasteiger partial charge in [-0.15, -0.1) is 0 Å². The first-order valence-electron chi connectivity index (χ1n) is 6.68. The first-order chi connectivity index (χ1) is 9.59. The summed E-state index contributed by atoms with van der Waals surface area (Å²) < 4.78 is 0. The van der Waals surface area contributed by atoms with Crippen LogP contribution in [-0.4, -0.2) is 17.9 Å². The van der Waals surface area contributed by atoms with Crippen LogP contribution in [0.1, 0.15) is 25.3 Å². The zero-order chi connectivity index (χ0) is 14.3. The summed E-state index contributed by atoms with van der Waals surface area (Å²) in [6.07, 6.45) is 0.815. The molecule has 1 aliphatic carbocycles. The van der Waals surface area contributed by atoms with Gasteiger partial charge in [0.25, 0.3) is 0 Å². The van der Waals surface area contributed by atoms with Crippen molar-refractivity contribution in [2.45, 2.75) is 31.2 Å². The molecule has 1 saturated carbocycles. The molecule has 5 heteroatoms. The van der Waals surface area contributed by atoms with E-state index in [1.807, 2.05) is 30.3 Å². The van der Waals surface area contributed by atoms with E-state index in [2.05, 4.69) is 10.6 Å². The summed E-state index contributed by atoms with van der Waals surface area (Å²) in [7, 11) is 0. The Morgan fingerprint density at radius 2 is 2.35 bits per heavy atom. The third kappa shape index (κ3) is 1.68. The standard InChI is InChI=1S/C15H15N3O2/c1-9(6-7-16)17-13(19)11-8-15(11)10-4-2-3-5-12(10)18-14(15)20/h2-5,9,11H,6,8H2,1H3,(H,17,19)(H,18,20). The average molecular weight is 269 g/mol. The topological polar surface area (TPSA) is 82.0 Å². The number of anilines is 1. The number of benzene rings is 1. The minimum Gasteiger partial charge on any atom is -0.352 e. The van der Waals surface area contributed by atoms with Crippen LogP contribution in [0.5, 0.6) is 0 Å². The number of hydrogen-bond donors (Lipinski definition) is 2. The van der Waals surface area contributed by atoms with E-state index in [-0.39, 0.29) is 30.2 Å². The molecule has 2 amide bonds. The van der Waals surface area contributed by atoms with Crippen LogP contribution < -0.4 is 10.6 Å². The monoisotopic (exact) mass is 269 g/mol. The van der Waals surface area contributed by atoms with Gasteiger partial charge in [0.1, 0.15) is 0 Å². The summed E-state index contributed by atoms with van der Waals surface area (Å²) >= 11 is 0. The van der Waals surface area contributed by atoms with Crippen molar-refractivity contribution in [1.29, 1.82) is 5.26 Å². The molecule has 1 spiro atoms. The molecule has 0 saturated heterocycles. The summed E-state index contributed by atoms with van der Waals surface area (Å²) in [5.41, 5.74) is 1.03. The Morgan fingerprint density at radius 1 is 1.60 bits per heavy atom. The van der Waals surface area contributed by atoms with Crippen LogP contribution in [0.4, 0.5) is 5.69 Å². The molecule has 3 unspecified atom stereocenters. The number of rotatable bonds is 3. The molecule has 102 valence electrons. The van der Waals surface area contributed by atoms with Crippen molar-refractivity contribution in [3.8, 4) is 6.07 Å². The second-order valence-corrected chi connectivity index (χ2v) is 5.50. The normalized spacial score (nSPS) is 27.4. The van der Waals surface area contributed by atoms with E-state index in [1.54, 1.807) is 6.92 Å². The van der Waals surface area contributed by atoms with Gasteiger partial charge in [-0.1, -0.05) is 18.2 Å². The third-order valence-corrected chi connectivity index (χ3v) is 4.12. The summed E-state index contributed by atoms with van der Waals surface area (Å²) in [5.74, 6) is -0.557. The minimum absolute atomic E-state index is 0.0909. The summed E-state index contributed by atoms with van der Waals surface area (Å²) in [6.45, 7) is 1.79. The van der Waals surface area contributed by atoms with Gasteiger partial charge in [0.15, 0.2) is 0 Å². The first-order valence-corrected chi connectivity index (χ1v) is 6.68. The van der Waals surface area contributed by atoms with Crippen molar-refractivity contribution in [1.82, 2.24) is 5.32 Å². The minimum atomic E-state index is -0.687. The van der Waals surface area contributed by atoms with Gasteiger partial charge in [0, 0.05) is 11.7 Å². The lowest BCUT2D eigenvalue weighted by Gasteiger charge is -2.12. The number of nitrogens with one attached hydrogen (secondary N) is 2. The number of para-hydroxylation sites is 1. The van der Waals surface area contributed by atoms with Crippen molar-refractivity contribution < 1.29 is 9.59 Å². The Hall–Kier alpha value is -2.35. The van der Waals surface area contributed by atoms with Crippen LogP contribution >= 0.6 is 0 Å². The van der Waals surface area contributed by atoms with Crippen molar-refractivity contribution in [3.05, 3.63) is 29.8 Å². The molecule has 1 aromatic rings. The van der Waals surface area contributed by atoms with E-state index in [9.17, 15) is 9.59 Å². The van der Waals surface area contributed by atoms with Crippen molar-refractivity contribution >= 4 is 17.5 Å². The van der Waals surface area contributed by atoms with Gasteiger partial charge in [0.2, 0.25) is 11.8 Å². The molecule has 3 rings (SSSR count). The molecule has 20 heavy (non-hydrogen) atoms. The molecular formula is C15H15N3O2. The van der Waals surface area contributed by atoms with Crippen molar-refractivity contribution in [3.63, 3.8) is 0 Å². The molecule has 0 bridgehead atoms. The fourth-order valence-corrected chi connectivity index (χ4v) is 3.00. The Balaban J connectivity index is 1.79. The van der Waals surface area contributed by atoms with Crippen LogP contribution in [0, 0.1) is 17.2 Å². The molecule has 0 aromatic heterocycles. The first kappa shape index (κ1) is 12.7. The van der Waals surface area contributed by atoms with Crippen LogP contribution in [0.3, 0.4) is 0 Å². The third-order valence-electron chi connectivity index (χ3n) is 4.12. The maximum Gasteiger partial charge on any atom is 0.235 e. The molecule has 1 aliphatic heterocycles. The molecular weight excluding hydrogens is 254 g/mol. The summed E-state index contributed by atoms with van der Waals surface area (Å²) in [6, 6.07) is 9.34. The zero-order valence-electron chi connectivity index (χ0n) is 11.1. The van der Waals surface area contributed by atoms with Gasteiger partial charge in [-0.2, -0.15) is 5.26 Å². The number of nitriles is 1. The van der Waals surface area contributed by atoms with Gasteiger partial charge < -0.3 is 10.6 Å². The van der Waals surface area contributed by atoms with Gasteiger partial charge in [0.05, 0.1) is 23.8 Å². The van der Waals surface area contributed by atoms with Gasteiger partial charge >= 0.3 is 0 Å². The predicted octanol–water partition coefficient (Wildman–Crippen LogP) is 1.31. The lowest BCUT2D eigenvalue weighted by atomic mass is 9.94. The lowest BCUT2D eigenvalue weighted by molar-refractivity contribution is -0.126. The van der Waals surface area contributed by atoms with Crippen LogP contribution in [0.25, 0.3) is 0 Å². The number of carbonyl (C=O) groups is 2. The molecule has 1 heterocycles. The highest BCUT2D eigenvalue weighted by atomic mass is 16.2. The smallest absolute Gasteiger partial charge is 0.235 e. The van der Waals surface area contributed by atoms with Gasteiger partial charge in [-0.25, -0.2) is 0 Å². The van der Waals surface area contributed by atoms with Gasteiger partial charge in [-0.05, 0) is 25.0 Å². The molecule has 0 radical (unpaired) electrons. The average Bonchev–Trinajstić information content (AvgIpc) is 3.09. The molecule has 2 N–H and O–H groups in total. The Labute approximate surface area is 117 Å². The highest BCUT2D eigenvalue weighted by molar-refractivity contribution is 6.12. The van der Waals surface area contributed by atoms with Crippen LogP contribution in [0.15, 0.2) is 24.3 Å². The molecule has 2 aliphatic rings. The summed E-state index contributed by atoms with van der Waals surface area (Å²) in [5, 5.41) is 14.3. The van der Waals surface area contributed by atoms with Crippen molar-refractivity contribution in [2.24, 2.45) is 5.92 Å². The highest BCUT2D eigenvalue weighted by Gasteiger charge is 2.67. The Kier molecular flexibility index (Phi) is 2.75. The second kappa shape index (κ2) is 4.34. The fourth-order valence-electron chi connectivity index (χ4n) is 3.00. The molecule has 3 atom stereocenters. The molecule has 5 nitrogen and oxygen atoms in total. The zero-order valence-corrected chi connectivity index (χ0v) is 11.1. The van der Waals surface area contributed by atoms with E-state index in [4.69, 9.17) is 5.26 Å².